The second-order valence-corrected chi connectivity index (χ2v) is 5.50. The van der Waals surface area contributed by atoms with Gasteiger partial charge in [-0.3, -0.25) is 19.0 Å². The Morgan fingerprint density at radius 3 is 2.70 bits per heavy atom. The molecule has 0 fully saturated rings. The van der Waals surface area contributed by atoms with Gasteiger partial charge in [-0.15, -0.1) is 0 Å². The number of aromatic nitrogens is 2. The predicted octanol–water partition coefficient (Wildman–Crippen LogP) is 0.413. The minimum atomic E-state index is -0.753. The Balaban J connectivity index is 2.25. The van der Waals surface area contributed by atoms with E-state index in [0.29, 0.717) is 17.5 Å². The van der Waals surface area contributed by atoms with Gasteiger partial charge in [-0.1, -0.05) is 32.4 Å². The number of nitrogens with one attached hydrogen (secondary N) is 1. The largest absolute Gasteiger partial charge is 0.368 e. The fourth-order valence-electron chi connectivity index (χ4n) is 2.37. The van der Waals surface area contributed by atoms with Crippen molar-refractivity contribution in [3.63, 3.8) is 0 Å². The lowest BCUT2D eigenvalue weighted by Crippen LogP contribution is -2.49. The Kier molecular flexibility index (Phi) is 5.10. The van der Waals surface area contributed by atoms with Gasteiger partial charge >= 0.3 is 0 Å². The summed E-state index contributed by atoms with van der Waals surface area (Å²) in [5.41, 5.74) is 6.15. The first-order chi connectivity index (χ1) is 10.9. The first-order valence-electron chi connectivity index (χ1n) is 7.47. The third-order valence-electron chi connectivity index (χ3n) is 3.89. The Bertz CT molecular complexity index is 784. The van der Waals surface area contributed by atoms with E-state index in [1.807, 2.05) is 13.8 Å². The van der Waals surface area contributed by atoms with Gasteiger partial charge in [0.2, 0.25) is 11.8 Å². The molecular weight excluding hydrogens is 296 g/mol. The smallest absolute Gasteiger partial charge is 0.269 e. The quantitative estimate of drug-likeness (QED) is 0.805. The summed E-state index contributed by atoms with van der Waals surface area (Å²) in [5, 5.41) is 2.61. The number of carbonyl (C=O) groups excluding carboxylic acids is 2. The van der Waals surface area contributed by atoms with E-state index in [1.54, 1.807) is 24.3 Å². The fraction of sp³-hybridized carbons (Fsp3) is 0.375. The molecule has 0 saturated carbocycles. The second-order valence-electron chi connectivity index (χ2n) is 5.50. The number of amides is 2. The van der Waals surface area contributed by atoms with Crippen molar-refractivity contribution in [1.29, 1.82) is 0 Å². The molecule has 0 spiro atoms. The zero-order valence-corrected chi connectivity index (χ0v) is 13.2. The topological polar surface area (TPSA) is 107 Å². The third kappa shape index (κ3) is 3.74. The summed E-state index contributed by atoms with van der Waals surface area (Å²) in [4.78, 5) is 39.8. The van der Waals surface area contributed by atoms with Crippen molar-refractivity contribution in [2.24, 2.45) is 11.7 Å². The van der Waals surface area contributed by atoms with Gasteiger partial charge in [-0.25, -0.2) is 4.98 Å². The van der Waals surface area contributed by atoms with Gasteiger partial charge in [0, 0.05) is 0 Å². The summed E-state index contributed by atoms with van der Waals surface area (Å²) < 4.78 is 1.33. The van der Waals surface area contributed by atoms with Crippen molar-refractivity contribution < 1.29 is 9.59 Å². The van der Waals surface area contributed by atoms with Crippen molar-refractivity contribution in [1.82, 2.24) is 14.9 Å². The molecule has 1 aromatic heterocycles. The maximum atomic E-state index is 12.2. The molecule has 1 aromatic carbocycles. The zero-order chi connectivity index (χ0) is 17.0. The minimum Gasteiger partial charge on any atom is -0.368 e. The van der Waals surface area contributed by atoms with E-state index in [-0.39, 0.29) is 18.0 Å². The van der Waals surface area contributed by atoms with Gasteiger partial charge < -0.3 is 11.1 Å². The lowest BCUT2D eigenvalue weighted by molar-refractivity contribution is -0.128. The molecule has 7 heteroatoms. The summed E-state index contributed by atoms with van der Waals surface area (Å²) in [7, 11) is 0. The van der Waals surface area contributed by atoms with E-state index in [4.69, 9.17) is 5.73 Å². The molecule has 0 aliphatic rings. The van der Waals surface area contributed by atoms with Crippen LogP contribution < -0.4 is 16.6 Å². The molecule has 2 rings (SSSR count). The van der Waals surface area contributed by atoms with Gasteiger partial charge in [-0.2, -0.15) is 0 Å². The van der Waals surface area contributed by atoms with E-state index in [1.165, 1.54) is 10.8 Å². The van der Waals surface area contributed by atoms with E-state index in [2.05, 4.69) is 10.3 Å². The molecule has 0 bridgehead atoms. The van der Waals surface area contributed by atoms with Crippen molar-refractivity contribution in [3.8, 4) is 0 Å². The molecule has 3 N–H and O–H groups in total. The second kappa shape index (κ2) is 7.04. The summed E-state index contributed by atoms with van der Waals surface area (Å²) in [6.45, 7) is 3.55. The summed E-state index contributed by atoms with van der Waals surface area (Å²) in [6, 6.07) is 6.29. The number of nitrogens with zero attached hydrogens (tertiary/aromatic N) is 2. The van der Waals surface area contributed by atoms with Crippen LogP contribution in [0.2, 0.25) is 0 Å². The molecule has 23 heavy (non-hydrogen) atoms. The molecule has 2 atom stereocenters. The van der Waals surface area contributed by atoms with Gasteiger partial charge in [0.15, 0.2) is 0 Å². The molecule has 0 saturated heterocycles. The van der Waals surface area contributed by atoms with Crippen molar-refractivity contribution >= 4 is 22.8 Å². The summed E-state index contributed by atoms with van der Waals surface area (Å²) in [6.07, 6.45) is 1.88. The highest BCUT2D eigenvalue weighted by Crippen LogP contribution is 2.09. The van der Waals surface area contributed by atoms with Crippen LogP contribution in [0.3, 0.4) is 0 Å². The highest BCUT2D eigenvalue weighted by atomic mass is 16.2. The number of para-hydroxylation sites is 2. The van der Waals surface area contributed by atoms with Crippen LogP contribution in [-0.2, 0) is 16.1 Å². The molecule has 2 amide bonds. The minimum absolute atomic E-state index is 0.0812. The molecule has 0 radical (unpaired) electrons. The number of hydrogen-bond acceptors (Lipinski definition) is 4. The third-order valence-corrected chi connectivity index (χ3v) is 3.89. The van der Waals surface area contributed by atoms with Crippen molar-refractivity contribution in [3.05, 3.63) is 40.8 Å². The average Bonchev–Trinajstić information content (AvgIpc) is 2.54. The van der Waals surface area contributed by atoms with Gasteiger partial charge in [0.05, 0.1) is 17.2 Å². The Hall–Kier alpha value is -2.70. The molecule has 0 aliphatic heterocycles. The normalized spacial score (nSPS) is 13.5. The van der Waals surface area contributed by atoms with E-state index in [0.717, 1.165) is 0 Å². The standard InChI is InChI=1S/C16H20N4O3/c1-3-10(2)15(16(17)23)19-13(21)9-20-12-7-5-4-6-11(12)18-8-14(20)22/h4-8,10,15H,3,9H2,1-2H3,(H2,17,23)(H,19,21). The van der Waals surface area contributed by atoms with Crippen molar-refractivity contribution in [2.75, 3.05) is 0 Å². The maximum absolute atomic E-state index is 12.2. The molecular formula is C16H20N4O3. The van der Waals surface area contributed by atoms with Crippen molar-refractivity contribution in [2.45, 2.75) is 32.9 Å². The Morgan fingerprint density at radius 1 is 1.35 bits per heavy atom. The number of rotatable bonds is 6. The number of hydrogen-bond donors (Lipinski definition) is 2. The van der Waals surface area contributed by atoms with Crippen LogP contribution in [0.15, 0.2) is 35.3 Å². The van der Waals surface area contributed by atoms with Crippen LogP contribution >= 0.6 is 0 Å². The van der Waals surface area contributed by atoms with Crippen LogP contribution in [0.5, 0.6) is 0 Å². The Morgan fingerprint density at radius 2 is 2.04 bits per heavy atom. The highest BCUT2D eigenvalue weighted by Gasteiger charge is 2.23. The van der Waals surface area contributed by atoms with Crippen LogP contribution in [0.25, 0.3) is 11.0 Å². The lowest BCUT2D eigenvalue weighted by atomic mass is 9.98. The van der Waals surface area contributed by atoms with Gasteiger partial charge in [-0.05, 0) is 18.1 Å². The first kappa shape index (κ1) is 16.7. The molecule has 2 aromatic rings. The van der Waals surface area contributed by atoms with E-state index < -0.39 is 17.9 Å². The first-order valence-corrected chi connectivity index (χ1v) is 7.47. The van der Waals surface area contributed by atoms with Gasteiger partial charge in [0.1, 0.15) is 12.6 Å². The number of benzene rings is 1. The average molecular weight is 316 g/mol. The van der Waals surface area contributed by atoms with E-state index in [9.17, 15) is 14.4 Å². The van der Waals surface area contributed by atoms with Gasteiger partial charge in [0.25, 0.3) is 5.56 Å². The molecule has 7 nitrogen and oxygen atoms in total. The lowest BCUT2D eigenvalue weighted by Gasteiger charge is -2.21. The number of carbonyl (C=O) groups is 2. The number of fused-ring (bicyclic) bond motifs is 1. The molecule has 1 heterocycles. The van der Waals surface area contributed by atoms with Crippen LogP contribution in [-0.4, -0.2) is 27.4 Å². The predicted molar refractivity (Wildman–Crippen MR) is 86.6 cm³/mol. The fourth-order valence-corrected chi connectivity index (χ4v) is 2.37. The van der Waals surface area contributed by atoms with Crippen LogP contribution in [0, 0.1) is 5.92 Å². The number of primary amides is 1. The van der Waals surface area contributed by atoms with Crippen LogP contribution in [0.4, 0.5) is 0 Å². The van der Waals surface area contributed by atoms with E-state index >= 15 is 0 Å². The Labute approximate surface area is 133 Å². The molecule has 0 aliphatic carbocycles. The maximum Gasteiger partial charge on any atom is 0.269 e. The SMILES string of the molecule is CCC(C)C(NC(=O)Cn1c(=O)cnc2ccccc21)C(N)=O. The summed E-state index contributed by atoms with van der Waals surface area (Å²) in [5.74, 6) is -1.10. The monoisotopic (exact) mass is 316 g/mol. The molecule has 122 valence electrons. The highest BCUT2D eigenvalue weighted by molar-refractivity contribution is 5.87. The summed E-state index contributed by atoms with van der Waals surface area (Å²) >= 11 is 0. The molecule has 2 unspecified atom stereocenters. The zero-order valence-electron chi connectivity index (χ0n) is 13.2. The number of nitrogens with two attached hydrogens (primary N) is 1. The van der Waals surface area contributed by atoms with Crippen LogP contribution in [0.1, 0.15) is 20.3 Å².